The molecule has 0 amide bonds. The molecule has 1 saturated heterocycles. The largest absolute Gasteiger partial charge is 0.355 e. The van der Waals surface area contributed by atoms with E-state index in [0.29, 0.717) is 18.2 Å². The van der Waals surface area contributed by atoms with Crippen molar-refractivity contribution in [2.75, 3.05) is 28.8 Å². The van der Waals surface area contributed by atoms with Crippen molar-refractivity contribution in [2.24, 2.45) is 0 Å². The SMILES string of the molecule is Cc1cc(N(C)C2CCS(=O)(=O)C2)nc(Nc2cccc3cccnc23)n1. The molecule has 1 aliphatic heterocycles. The Morgan fingerprint density at radius 3 is 2.78 bits per heavy atom. The van der Waals surface area contributed by atoms with Crippen molar-refractivity contribution in [3.8, 4) is 0 Å². The zero-order valence-corrected chi connectivity index (χ0v) is 16.1. The number of rotatable bonds is 4. The first-order valence-corrected chi connectivity index (χ1v) is 10.6. The molecule has 3 aromatic rings. The molecule has 8 heteroatoms. The molecule has 3 heterocycles. The number of fused-ring (bicyclic) bond motifs is 1. The lowest BCUT2D eigenvalue weighted by molar-refractivity contribution is 0.600. The highest BCUT2D eigenvalue weighted by atomic mass is 32.2. The Morgan fingerprint density at radius 2 is 2.00 bits per heavy atom. The van der Waals surface area contributed by atoms with E-state index in [0.717, 1.165) is 22.3 Å². The van der Waals surface area contributed by atoms with Crippen LogP contribution in [0.15, 0.2) is 42.6 Å². The highest BCUT2D eigenvalue weighted by Crippen LogP contribution is 2.26. The number of pyridine rings is 1. The Morgan fingerprint density at radius 1 is 1.19 bits per heavy atom. The quantitative estimate of drug-likeness (QED) is 0.741. The van der Waals surface area contributed by atoms with E-state index in [9.17, 15) is 8.42 Å². The van der Waals surface area contributed by atoms with Crippen LogP contribution in [-0.2, 0) is 9.84 Å². The molecule has 7 nitrogen and oxygen atoms in total. The van der Waals surface area contributed by atoms with Crippen LogP contribution in [-0.4, -0.2) is 48.0 Å². The fraction of sp³-hybridized carbons (Fsp3) is 0.316. The minimum atomic E-state index is -2.95. The molecule has 1 aliphatic rings. The van der Waals surface area contributed by atoms with E-state index in [2.05, 4.69) is 20.3 Å². The lowest BCUT2D eigenvalue weighted by Gasteiger charge is -2.25. The number of nitrogens with zero attached hydrogens (tertiary/aromatic N) is 4. The van der Waals surface area contributed by atoms with E-state index in [4.69, 9.17) is 0 Å². The van der Waals surface area contributed by atoms with Gasteiger partial charge in [-0.2, -0.15) is 4.98 Å². The summed E-state index contributed by atoms with van der Waals surface area (Å²) in [5, 5.41) is 4.29. The number of anilines is 3. The van der Waals surface area contributed by atoms with E-state index in [-0.39, 0.29) is 17.5 Å². The zero-order valence-electron chi connectivity index (χ0n) is 15.3. The Bertz CT molecular complexity index is 1090. The van der Waals surface area contributed by atoms with E-state index < -0.39 is 9.84 Å². The Hall–Kier alpha value is -2.74. The molecule has 1 N–H and O–H groups in total. The molecule has 27 heavy (non-hydrogen) atoms. The monoisotopic (exact) mass is 383 g/mol. The number of aromatic nitrogens is 3. The number of hydrogen-bond acceptors (Lipinski definition) is 7. The summed E-state index contributed by atoms with van der Waals surface area (Å²) in [6.45, 7) is 1.90. The van der Waals surface area contributed by atoms with Crippen molar-refractivity contribution in [1.29, 1.82) is 0 Å². The summed E-state index contributed by atoms with van der Waals surface area (Å²) in [5.41, 5.74) is 2.49. The number of benzene rings is 1. The third-order valence-electron chi connectivity index (χ3n) is 4.84. The summed E-state index contributed by atoms with van der Waals surface area (Å²) in [7, 11) is -1.07. The smallest absolute Gasteiger partial charge is 0.229 e. The minimum Gasteiger partial charge on any atom is -0.355 e. The molecule has 0 aliphatic carbocycles. The van der Waals surface area contributed by atoms with Crippen LogP contribution in [0.3, 0.4) is 0 Å². The van der Waals surface area contributed by atoms with Crippen LogP contribution in [0.5, 0.6) is 0 Å². The normalized spacial score (nSPS) is 18.5. The van der Waals surface area contributed by atoms with Gasteiger partial charge < -0.3 is 10.2 Å². The van der Waals surface area contributed by atoms with Gasteiger partial charge in [0.15, 0.2) is 9.84 Å². The molecule has 1 unspecified atom stereocenters. The predicted molar refractivity (Wildman–Crippen MR) is 107 cm³/mol. The van der Waals surface area contributed by atoms with Crippen molar-refractivity contribution in [3.05, 3.63) is 48.3 Å². The van der Waals surface area contributed by atoms with Gasteiger partial charge in [0.25, 0.3) is 0 Å². The maximum Gasteiger partial charge on any atom is 0.229 e. The zero-order chi connectivity index (χ0) is 19.0. The molecule has 1 aromatic carbocycles. The van der Waals surface area contributed by atoms with Crippen LogP contribution in [0.4, 0.5) is 17.5 Å². The molecule has 4 rings (SSSR count). The van der Waals surface area contributed by atoms with Crippen molar-refractivity contribution < 1.29 is 8.42 Å². The third-order valence-corrected chi connectivity index (χ3v) is 6.59. The molecular formula is C19H21N5O2S. The van der Waals surface area contributed by atoms with Gasteiger partial charge in [-0.25, -0.2) is 13.4 Å². The van der Waals surface area contributed by atoms with Crippen LogP contribution >= 0.6 is 0 Å². The van der Waals surface area contributed by atoms with Crippen molar-refractivity contribution in [1.82, 2.24) is 15.0 Å². The van der Waals surface area contributed by atoms with Crippen LogP contribution in [0, 0.1) is 6.92 Å². The molecule has 0 spiro atoms. The fourth-order valence-corrected chi connectivity index (χ4v) is 5.16. The topological polar surface area (TPSA) is 88.1 Å². The Balaban J connectivity index is 1.64. The van der Waals surface area contributed by atoms with Gasteiger partial charge in [0.1, 0.15) is 5.82 Å². The molecule has 140 valence electrons. The third kappa shape index (κ3) is 3.71. The molecule has 0 saturated carbocycles. The standard InChI is InChI=1S/C19H21N5O2S/c1-13-11-17(24(2)15-8-10-27(25,26)12-15)23-19(21-13)22-16-7-3-5-14-6-4-9-20-18(14)16/h3-7,9,11,15H,8,10,12H2,1-2H3,(H,21,22,23). The number of sulfone groups is 1. The van der Waals surface area contributed by atoms with Crippen LogP contribution in [0.25, 0.3) is 10.9 Å². The van der Waals surface area contributed by atoms with Gasteiger partial charge >= 0.3 is 0 Å². The number of nitrogens with one attached hydrogen (secondary N) is 1. The predicted octanol–water partition coefficient (Wildman–Crippen LogP) is 2.70. The van der Waals surface area contributed by atoms with E-state index in [1.807, 2.05) is 55.3 Å². The first kappa shape index (κ1) is 17.7. The van der Waals surface area contributed by atoms with Crippen LogP contribution in [0.2, 0.25) is 0 Å². The molecule has 0 bridgehead atoms. The Labute approximate surface area is 158 Å². The van der Waals surface area contributed by atoms with Gasteiger partial charge in [-0.15, -0.1) is 0 Å². The minimum absolute atomic E-state index is 0.0589. The van der Waals surface area contributed by atoms with Gasteiger partial charge in [-0.3, -0.25) is 4.98 Å². The first-order valence-electron chi connectivity index (χ1n) is 8.81. The van der Waals surface area contributed by atoms with E-state index in [1.54, 1.807) is 6.20 Å². The first-order chi connectivity index (χ1) is 12.9. The van der Waals surface area contributed by atoms with Gasteiger partial charge in [-0.05, 0) is 25.5 Å². The van der Waals surface area contributed by atoms with Gasteiger partial charge in [0.05, 0.1) is 22.7 Å². The second kappa shape index (κ2) is 6.77. The van der Waals surface area contributed by atoms with Crippen molar-refractivity contribution >= 4 is 38.2 Å². The number of para-hydroxylation sites is 1. The average molecular weight is 383 g/mol. The second-order valence-electron chi connectivity index (χ2n) is 6.86. The van der Waals surface area contributed by atoms with Gasteiger partial charge in [0.2, 0.25) is 5.95 Å². The van der Waals surface area contributed by atoms with E-state index in [1.165, 1.54) is 0 Å². The highest BCUT2D eigenvalue weighted by Gasteiger charge is 2.31. The summed E-state index contributed by atoms with van der Waals surface area (Å²) in [6, 6.07) is 11.6. The highest BCUT2D eigenvalue weighted by molar-refractivity contribution is 7.91. The number of aryl methyl sites for hydroxylation is 1. The maximum absolute atomic E-state index is 11.8. The lowest BCUT2D eigenvalue weighted by Crippen LogP contribution is -2.33. The summed E-state index contributed by atoms with van der Waals surface area (Å²) in [6.07, 6.45) is 2.38. The average Bonchev–Trinajstić information content (AvgIpc) is 3.01. The lowest BCUT2D eigenvalue weighted by atomic mass is 10.2. The maximum atomic E-state index is 11.8. The van der Waals surface area contributed by atoms with Crippen molar-refractivity contribution in [3.63, 3.8) is 0 Å². The summed E-state index contributed by atoms with van der Waals surface area (Å²) >= 11 is 0. The van der Waals surface area contributed by atoms with Crippen LogP contribution in [0.1, 0.15) is 12.1 Å². The van der Waals surface area contributed by atoms with Crippen molar-refractivity contribution in [2.45, 2.75) is 19.4 Å². The Kier molecular flexibility index (Phi) is 4.43. The molecule has 1 atom stereocenters. The second-order valence-corrected chi connectivity index (χ2v) is 9.09. The molecular weight excluding hydrogens is 362 g/mol. The van der Waals surface area contributed by atoms with Gasteiger partial charge in [-0.1, -0.05) is 18.2 Å². The molecule has 1 fully saturated rings. The summed E-state index contributed by atoms with van der Waals surface area (Å²) in [5.74, 6) is 1.58. The van der Waals surface area contributed by atoms with Gasteiger partial charge in [0, 0.05) is 36.4 Å². The summed E-state index contributed by atoms with van der Waals surface area (Å²) in [4.78, 5) is 15.5. The molecule has 2 aromatic heterocycles. The van der Waals surface area contributed by atoms with Crippen LogP contribution < -0.4 is 10.2 Å². The summed E-state index contributed by atoms with van der Waals surface area (Å²) < 4.78 is 23.6. The number of hydrogen-bond donors (Lipinski definition) is 1. The van der Waals surface area contributed by atoms with E-state index >= 15 is 0 Å². The molecule has 0 radical (unpaired) electrons. The fourth-order valence-electron chi connectivity index (χ4n) is 3.38.